The summed E-state index contributed by atoms with van der Waals surface area (Å²) in [5.41, 5.74) is 0.00397. The van der Waals surface area contributed by atoms with Gasteiger partial charge in [0.1, 0.15) is 5.69 Å². The number of Topliss-reactive ketones (excluding diaryl/α,β-unsaturated/α-hetero) is 1. The Hall–Kier alpha value is -2.24. The third kappa shape index (κ3) is 3.61. The molecule has 0 saturated heterocycles. The molecule has 1 N–H and O–H groups in total. The number of ketones is 1. The third-order valence-corrected chi connectivity index (χ3v) is 2.75. The van der Waals surface area contributed by atoms with Crippen molar-refractivity contribution in [2.24, 2.45) is 5.92 Å². The van der Waals surface area contributed by atoms with E-state index in [1.54, 1.807) is 6.92 Å². The minimum absolute atomic E-state index is 0.0472. The lowest BCUT2D eigenvalue weighted by atomic mass is 9.96. The second-order valence-electron chi connectivity index (χ2n) is 3.96. The van der Waals surface area contributed by atoms with Gasteiger partial charge in [0.25, 0.3) is 0 Å². The molecule has 0 saturated carbocycles. The third-order valence-electron chi connectivity index (χ3n) is 2.75. The predicted octanol–water partition coefficient (Wildman–Crippen LogP) is 1.55. The molecule has 0 aliphatic heterocycles. The molecule has 6 heteroatoms. The topological polar surface area (TPSA) is 93.6 Å². The Balaban J connectivity index is 3.00. The zero-order valence-electron chi connectivity index (χ0n) is 10.8. The van der Waals surface area contributed by atoms with Gasteiger partial charge in [0.15, 0.2) is 5.78 Å². The summed E-state index contributed by atoms with van der Waals surface area (Å²) < 4.78 is 4.56. The van der Waals surface area contributed by atoms with Gasteiger partial charge in [0.2, 0.25) is 0 Å². The number of aliphatic carboxylic acids is 1. The van der Waals surface area contributed by atoms with Gasteiger partial charge in [0, 0.05) is 12.6 Å². The molecular weight excluding hydrogens is 250 g/mol. The van der Waals surface area contributed by atoms with Gasteiger partial charge in [-0.05, 0) is 18.6 Å². The molecule has 19 heavy (non-hydrogen) atoms. The van der Waals surface area contributed by atoms with Gasteiger partial charge in [-0.2, -0.15) is 0 Å². The average Bonchev–Trinajstić information content (AvgIpc) is 2.43. The smallest absolute Gasteiger partial charge is 0.340 e. The van der Waals surface area contributed by atoms with Crippen molar-refractivity contribution in [1.29, 1.82) is 0 Å². The number of pyridine rings is 1. The van der Waals surface area contributed by atoms with E-state index in [2.05, 4.69) is 9.72 Å². The van der Waals surface area contributed by atoms with Gasteiger partial charge in [-0.3, -0.25) is 14.6 Å². The fourth-order valence-electron chi connectivity index (χ4n) is 1.63. The van der Waals surface area contributed by atoms with Gasteiger partial charge in [0.05, 0.1) is 18.6 Å². The van der Waals surface area contributed by atoms with E-state index in [1.807, 2.05) is 0 Å². The van der Waals surface area contributed by atoms with Crippen molar-refractivity contribution >= 4 is 17.7 Å². The average molecular weight is 265 g/mol. The van der Waals surface area contributed by atoms with Crippen LogP contribution in [0.1, 0.15) is 40.6 Å². The van der Waals surface area contributed by atoms with Gasteiger partial charge in [-0.25, -0.2) is 4.79 Å². The minimum atomic E-state index is -1.04. The first-order valence-corrected chi connectivity index (χ1v) is 5.80. The predicted molar refractivity (Wildman–Crippen MR) is 65.9 cm³/mol. The number of hydrogen-bond donors (Lipinski definition) is 1. The maximum Gasteiger partial charge on any atom is 0.340 e. The molecule has 0 bridgehead atoms. The minimum Gasteiger partial charge on any atom is -0.481 e. The van der Waals surface area contributed by atoms with E-state index in [4.69, 9.17) is 5.11 Å². The molecule has 1 aromatic heterocycles. The molecule has 0 aliphatic rings. The number of ether oxygens (including phenoxy) is 1. The van der Waals surface area contributed by atoms with Crippen LogP contribution < -0.4 is 0 Å². The van der Waals surface area contributed by atoms with Crippen LogP contribution in [0.3, 0.4) is 0 Å². The Morgan fingerprint density at radius 3 is 2.63 bits per heavy atom. The van der Waals surface area contributed by atoms with Gasteiger partial charge in [-0.15, -0.1) is 0 Å². The number of aromatic nitrogens is 1. The number of rotatable bonds is 6. The van der Waals surface area contributed by atoms with Crippen LogP contribution in [-0.2, 0) is 9.53 Å². The van der Waals surface area contributed by atoms with E-state index in [0.29, 0.717) is 6.42 Å². The summed E-state index contributed by atoms with van der Waals surface area (Å²) in [5, 5.41) is 8.93. The van der Waals surface area contributed by atoms with Crippen LogP contribution in [0.5, 0.6) is 0 Å². The fourth-order valence-corrected chi connectivity index (χ4v) is 1.63. The molecule has 1 unspecified atom stereocenters. The lowest BCUT2D eigenvalue weighted by Gasteiger charge is -2.10. The molecule has 6 nitrogen and oxygen atoms in total. The Morgan fingerprint density at radius 2 is 2.11 bits per heavy atom. The van der Waals surface area contributed by atoms with Crippen LogP contribution in [-0.4, -0.2) is 34.9 Å². The highest BCUT2D eigenvalue weighted by atomic mass is 16.5. The van der Waals surface area contributed by atoms with Crippen LogP contribution in [0.4, 0.5) is 0 Å². The number of methoxy groups -OCH3 is 1. The standard InChI is InChI=1S/C13H15NO5/c1-3-8(12(16)17)7-10(15)11-9(13(18)19-2)5-4-6-14-11/h4-6,8H,3,7H2,1-2H3,(H,16,17). The van der Waals surface area contributed by atoms with E-state index in [1.165, 1.54) is 25.4 Å². The highest BCUT2D eigenvalue weighted by Gasteiger charge is 2.24. The molecule has 1 atom stereocenters. The Labute approximate surface area is 110 Å². The second kappa shape index (κ2) is 6.63. The molecule has 1 aromatic rings. The van der Waals surface area contributed by atoms with Gasteiger partial charge < -0.3 is 9.84 Å². The monoisotopic (exact) mass is 265 g/mol. The van der Waals surface area contributed by atoms with Crippen molar-refractivity contribution in [3.05, 3.63) is 29.6 Å². The maximum absolute atomic E-state index is 12.0. The zero-order valence-corrected chi connectivity index (χ0v) is 10.8. The maximum atomic E-state index is 12.0. The first-order valence-electron chi connectivity index (χ1n) is 5.80. The number of carbonyl (C=O) groups is 3. The SMILES string of the molecule is CCC(CC(=O)c1ncccc1C(=O)OC)C(=O)O. The first-order chi connectivity index (χ1) is 9.01. The van der Waals surface area contributed by atoms with Crippen LogP contribution in [0.15, 0.2) is 18.3 Å². The van der Waals surface area contributed by atoms with E-state index in [0.717, 1.165) is 0 Å². The summed E-state index contributed by atoms with van der Waals surface area (Å²) in [6.07, 6.45) is 1.52. The fraction of sp³-hybridized carbons (Fsp3) is 0.385. The largest absolute Gasteiger partial charge is 0.481 e. The molecule has 1 rings (SSSR count). The van der Waals surface area contributed by atoms with Crippen LogP contribution >= 0.6 is 0 Å². The second-order valence-corrected chi connectivity index (χ2v) is 3.96. The zero-order chi connectivity index (χ0) is 14.4. The number of carboxylic acid groups (broad SMARTS) is 1. The molecule has 102 valence electrons. The number of nitrogens with zero attached hydrogens (tertiary/aromatic N) is 1. The Morgan fingerprint density at radius 1 is 1.42 bits per heavy atom. The normalized spacial score (nSPS) is 11.7. The first kappa shape index (κ1) is 14.8. The highest BCUT2D eigenvalue weighted by molar-refractivity contribution is 6.05. The molecule has 1 heterocycles. The van der Waals surface area contributed by atoms with Crippen molar-refractivity contribution in [3.63, 3.8) is 0 Å². The number of carbonyl (C=O) groups excluding carboxylic acids is 2. The van der Waals surface area contributed by atoms with Crippen molar-refractivity contribution < 1.29 is 24.2 Å². The summed E-state index contributed by atoms with van der Waals surface area (Å²) in [6.45, 7) is 1.69. The Bertz CT molecular complexity index is 498. The molecule has 0 fully saturated rings. The summed E-state index contributed by atoms with van der Waals surface area (Å²) >= 11 is 0. The summed E-state index contributed by atoms with van der Waals surface area (Å²) in [7, 11) is 1.20. The summed E-state index contributed by atoms with van der Waals surface area (Å²) in [6, 6.07) is 2.94. The number of carboxylic acids is 1. The summed E-state index contributed by atoms with van der Waals surface area (Å²) in [4.78, 5) is 38.3. The van der Waals surface area contributed by atoms with Crippen molar-refractivity contribution in [2.75, 3.05) is 7.11 Å². The molecule has 0 aliphatic carbocycles. The molecule has 0 amide bonds. The number of esters is 1. The molecule has 0 aromatic carbocycles. The Kier molecular flexibility index (Phi) is 5.17. The molecular formula is C13H15NO5. The van der Waals surface area contributed by atoms with E-state index in [-0.39, 0.29) is 17.7 Å². The summed E-state index contributed by atoms with van der Waals surface area (Å²) in [5.74, 6) is -2.96. The lowest BCUT2D eigenvalue weighted by Crippen LogP contribution is -2.20. The van der Waals surface area contributed by atoms with E-state index < -0.39 is 23.6 Å². The lowest BCUT2D eigenvalue weighted by molar-refractivity contribution is -0.141. The highest BCUT2D eigenvalue weighted by Crippen LogP contribution is 2.15. The van der Waals surface area contributed by atoms with Crippen LogP contribution in [0.25, 0.3) is 0 Å². The molecule has 0 radical (unpaired) electrons. The van der Waals surface area contributed by atoms with Crippen LogP contribution in [0, 0.1) is 5.92 Å². The molecule has 0 spiro atoms. The van der Waals surface area contributed by atoms with Crippen molar-refractivity contribution in [1.82, 2.24) is 4.98 Å². The van der Waals surface area contributed by atoms with Gasteiger partial charge in [-0.1, -0.05) is 6.92 Å². The number of hydrogen-bond acceptors (Lipinski definition) is 5. The van der Waals surface area contributed by atoms with Crippen molar-refractivity contribution in [3.8, 4) is 0 Å². The van der Waals surface area contributed by atoms with E-state index in [9.17, 15) is 14.4 Å². The van der Waals surface area contributed by atoms with Gasteiger partial charge >= 0.3 is 11.9 Å². The van der Waals surface area contributed by atoms with Crippen LogP contribution in [0.2, 0.25) is 0 Å². The van der Waals surface area contributed by atoms with Crippen molar-refractivity contribution in [2.45, 2.75) is 19.8 Å². The quantitative estimate of drug-likeness (QED) is 0.619. The van der Waals surface area contributed by atoms with E-state index >= 15 is 0 Å².